The van der Waals surface area contributed by atoms with E-state index in [1.54, 1.807) is 0 Å². The van der Waals surface area contributed by atoms with Gasteiger partial charge < -0.3 is 0 Å². The maximum absolute atomic E-state index is 11.6. The first-order valence-corrected chi connectivity index (χ1v) is 6.33. The Morgan fingerprint density at radius 3 is 1.80 bits per heavy atom. The fourth-order valence-electron chi connectivity index (χ4n) is 1.57. The summed E-state index contributed by atoms with van der Waals surface area (Å²) in [6.07, 6.45) is 9.70. The minimum atomic E-state index is 0.351. The number of nitrogens with zero attached hydrogens (tertiary/aromatic N) is 1. The smallest absolute Gasteiger partial charge is 0.268 e. The second-order valence-corrected chi connectivity index (χ2v) is 5.28. The molecule has 0 unspecified atom stereocenters. The minimum absolute atomic E-state index is 0.351. The number of amides is 1. The first-order chi connectivity index (χ1) is 6.98. The van der Waals surface area contributed by atoms with Gasteiger partial charge in [0, 0.05) is 0 Å². The number of unbranched alkanes of at least 4 members (excludes halogenated alkanes) is 6. The molecule has 0 aliphatic heterocycles. The zero-order chi connectivity index (χ0) is 11.7. The Morgan fingerprint density at radius 1 is 0.867 bits per heavy atom. The van der Waals surface area contributed by atoms with E-state index in [2.05, 4.69) is 6.92 Å². The van der Waals surface area contributed by atoms with Crippen molar-refractivity contribution in [3.05, 3.63) is 0 Å². The molecule has 0 saturated heterocycles. The molecule has 0 spiro atoms. The van der Waals surface area contributed by atoms with Gasteiger partial charge in [-0.15, -0.1) is 0 Å². The highest BCUT2D eigenvalue weighted by Crippen LogP contribution is 2.09. The zero-order valence-electron chi connectivity index (χ0n) is 11.0. The van der Waals surface area contributed by atoms with Crippen molar-refractivity contribution in [1.82, 2.24) is 0 Å². The maximum atomic E-state index is 11.6. The molecular formula is C13H28NO+. The van der Waals surface area contributed by atoms with Gasteiger partial charge in [0.1, 0.15) is 0 Å². The van der Waals surface area contributed by atoms with Gasteiger partial charge in [-0.05, 0) is 6.42 Å². The van der Waals surface area contributed by atoms with E-state index in [9.17, 15) is 4.79 Å². The second kappa shape index (κ2) is 7.86. The van der Waals surface area contributed by atoms with E-state index in [0.29, 0.717) is 10.4 Å². The van der Waals surface area contributed by atoms with Gasteiger partial charge in [-0.25, -0.2) is 4.79 Å². The van der Waals surface area contributed by atoms with Crippen LogP contribution in [0.2, 0.25) is 0 Å². The molecule has 15 heavy (non-hydrogen) atoms. The van der Waals surface area contributed by atoms with Gasteiger partial charge in [0.05, 0.1) is 27.6 Å². The maximum Gasteiger partial charge on any atom is 0.313 e. The van der Waals surface area contributed by atoms with Crippen molar-refractivity contribution < 1.29 is 9.28 Å². The van der Waals surface area contributed by atoms with Crippen LogP contribution in [-0.4, -0.2) is 31.5 Å². The molecule has 0 aliphatic rings. The third kappa shape index (κ3) is 8.61. The van der Waals surface area contributed by atoms with Crippen LogP contribution in [0.15, 0.2) is 0 Å². The highest BCUT2D eigenvalue weighted by Gasteiger charge is 2.18. The lowest BCUT2D eigenvalue weighted by Gasteiger charge is -2.20. The Hall–Kier alpha value is -0.370. The average molecular weight is 214 g/mol. The second-order valence-electron chi connectivity index (χ2n) is 5.28. The van der Waals surface area contributed by atoms with Crippen LogP contribution in [0, 0.1) is 0 Å². The molecule has 0 atom stereocenters. The van der Waals surface area contributed by atoms with E-state index in [1.165, 1.54) is 38.5 Å². The van der Waals surface area contributed by atoms with Gasteiger partial charge >= 0.3 is 5.91 Å². The lowest BCUT2D eigenvalue weighted by atomic mass is 10.1. The molecule has 0 aliphatic carbocycles. The fourth-order valence-corrected chi connectivity index (χ4v) is 1.57. The molecule has 0 aromatic carbocycles. The molecule has 0 N–H and O–H groups in total. The van der Waals surface area contributed by atoms with E-state index in [4.69, 9.17) is 0 Å². The Balaban J connectivity index is 3.28. The lowest BCUT2D eigenvalue weighted by molar-refractivity contribution is -0.792. The van der Waals surface area contributed by atoms with E-state index < -0.39 is 0 Å². The molecule has 2 heteroatoms. The highest BCUT2D eigenvalue weighted by molar-refractivity contribution is 5.68. The fraction of sp³-hybridized carbons (Fsp3) is 0.923. The molecule has 0 saturated carbocycles. The van der Waals surface area contributed by atoms with Crippen LogP contribution in [0.1, 0.15) is 58.3 Å². The first-order valence-electron chi connectivity index (χ1n) is 6.33. The average Bonchev–Trinajstić information content (AvgIpc) is 2.14. The Bertz CT molecular complexity index is 170. The predicted octanol–water partition coefficient (Wildman–Crippen LogP) is 3.36. The quantitative estimate of drug-likeness (QED) is 0.447. The summed E-state index contributed by atoms with van der Waals surface area (Å²) in [6, 6.07) is 0. The van der Waals surface area contributed by atoms with Gasteiger partial charge in [-0.3, -0.25) is 4.48 Å². The van der Waals surface area contributed by atoms with Crippen LogP contribution in [0.25, 0.3) is 0 Å². The molecule has 0 aromatic heterocycles. The summed E-state index contributed by atoms with van der Waals surface area (Å²) in [5.41, 5.74) is 0. The summed E-state index contributed by atoms with van der Waals surface area (Å²) >= 11 is 0. The van der Waals surface area contributed by atoms with Gasteiger partial charge in [-0.1, -0.05) is 45.4 Å². The molecule has 0 rings (SSSR count). The van der Waals surface area contributed by atoms with Crippen LogP contribution in [0.3, 0.4) is 0 Å². The molecule has 0 fully saturated rings. The van der Waals surface area contributed by atoms with Crippen LogP contribution in [0.4, 0.5) is 0 Å². The van der Waals surface area contributed by atoms with Crippen LogP contribution < -0.4 is 0 Å². The molecule has 90 valence electrons. The Morgan fingerprint density at radius 2 is 1.33 bits per heavy atom. The summed E-state index contributed by atoms with van der Waals surface area (Å²) in [4.78, 5) is 11.6. The summed E-state index contributed by atoms with van der Waals surface area (Å²) in [6.45, 7) is 2.24. The number of carbonyl (C=O) groups is 1. The molecule has 0 aromatic rings. The van der Waals surface area contributed by atoms with E-state index >= 15 is 0 Å². The standard InChI is InChI=1S/C13H28NO/c1-5-6-7-8-9-10-11-12-13(15)14(2,3)4/h5-12H2,1-4H3/q+1. The van der Waals surface area contributed by atoms with Crippen LogP contribution >= 0.6 is 0 Å². The number of hydrogen-bond donors (Lipinski definition) is 0. The summed E-state index contributed by atoms with van der Waals surface area (Å²) < 4.78 is 0.468. The van der Waals surface area contributed by atoms with Crippen molar-refractivity contribution >= 4 is 5.91 Å². The highest BCUT2D eigenvalue weighted by atomic mass is 16.2. The van der Waals surface area contributed by atoms with E-state index in [-0.39, 0.29) is 0 Å². The van der Waals surface area contributed by atoms with Gasteiger partial charge in [0.2, 0.25) is 0 Å². The summed E-state index contributed by atoms with van der Waals surface area (Å²) in [7, 11) is 5.84. The SMILES string of the molecule is CCCCCCCCCC(=O)[N+](C)(C)C. The van der Waals surface area contributed by atoms with Gasteiger partial charge in [-0.2, -0.15) is 0 Å². The number of quaternary nitrogens is 1. The normalized spacial score (nSPS) is 11.7. The van der Waals surface area contributed by atoms with Gasteiger partial charge in [0.15, 0.2) is 0 Å². The largest absolute Gasteiger partial charge is 0.313 e. The van der Waals surface area contributed by atoms with Crippen molar-refractivity contribution in [3.63, 3.8) is 0 Å². The third-order valence-corrected chi connectivity index (χ3v) is 2.74. The third-order valence-electron chi connectivity index (χ3n) is 2.74. The number of rotatable bonds is 8. The monoisotopic (exact) mass is 214 g/mol. The topological polar surface area (TPSA) is 17.1 Å². The van der Waals surface area contributed by atoms with Crippen molar-refractivity contribution in [3.8, 4) is 0 Å². The molecular weight excluding hydrogens is 186 g/mol. The molecule has 2 nitrogen and oxygen atoms in total. The van der Waals surface area contributed by atoms with Gasteiger partial charge in [0.25, 0.3) is 0 Å². The molecule has 0 heterocycles. The molecule has 0 bridgehead atoms. The van der Waals surface area contributed by atoms with Crippen molar-refractivity contribution in [2.24, 2.45) is 0 Å². The zero-order valence-corrected chi connectivity index (χ0v) is 11.0. The predicted molar refractivity (Wildman–Crippen MR) is 65.6 cm³/mol. The van der Waals surface area contributed by atoms with Crippen LogP contribution in [0.5, 0.6) is 0 Å². The minimum Gasteiger partial charge on any atom is -0.268 e. The lowest BCUT2D eigenvalue weighted by Crippen LogP contribution is -2.40. The van der Waals surface area contributed by atoms with Crippen molar-refractivity contribution in [2.75, 3.05) is 21.1 Å². The summed E-state index contributed by atoms with van der Waals surface area (Å²) in [5.74, 6) is 0.351. The molecule has 1 amide bonds. The number of carbonyl (C=O) groups excluding carboxylic acids is 1. The molecule has 0 radical (unpaired) electrons. The van der Waals surface area contributed by atoms with Crippen LogP contribution in [-0.2, 0) is 4.79 Å². The Labute approximate surface area is 95.2 Å². The van der Waals surface area contributed by atoms with Crippen molar-refractivity contribution in [1.29, 1.82) is 0 Å². The summed E-state index contributed by atoms with van der Waals surface area (Å²) in [5, 5.41) is 0. The number of hydrogen-bond acceptors (Lipinski definition) is 1. The van der Waals surface area contributed by atoms with Crippen molar-refractivity contribution in [2.45, 2.75) is 58.3 Å². The Kier molecular flexibility index (Phi) is 7.67. The first kappa shape index (κ1) is 14.6. The van der Waals surface area contributed by atoms with E-state index in [1.807, 2.05) is 21.1 Å². The van der Waals surface area contributed by atoms with E-state index in [0.717, 1.165) is 12.8 Å².